The van der Waals surface area contributed by atoms with Crippen molar-refractivity contribution in [3.8, 4) is 11.4 Å². The second-order valence-corrected chi connectivity index (χ2v) is 6.66. The first-order chi connectivity index (χ1) is 11.5. The number of aromatic nitrogens is 3. The average molecular weight is 324 g/mol. The minimum atomic E-state index is -0.0884. The van der Waals surface area contributed by atoms with E-state index < -0.39 is 0 Å². The standard InChI is InChI=1S/C19H24N4O/c1-13-10-14(2)17-15(11-13)12-16(19(24)21-17)18-20-6-9-23(18)8-5-7-22(3)4/h6,9-12H,5,7-8H2,1-4H3,(H,21,24). The summed E-state index contributed by atoms with van der Waals surface area (Å²) in [7, 11) is 4.13. The molecule has 0 saturated heterocycles. The Morgan fingerprint density at radius 1 is 1.21 bits per heavy atom. The predicted molar refractivity (Wildman–Crippen MR) is 98.4 cm³/mol. The molecule has 0 amide bonds. The highest BCUT2D eigenvalue weighted by Gasteiger charge is 2.12. The Balaban J connectivity index is 2.02. The summed E-state index contributed by atoms with van der Waals surface area (Å²) < 4.78 is 2.06. The van der Waals surface area contributed by atoms with Crippen LogP contribution in [0.25, 0.3) is 22.3 Å². The summed E-state index contributed by atoms with van der Waals surface area (Å²) in [6.07, 6.45) is 4.71. The van der Waals surface area contributed by atoms with E-state index in [1.54, 1.807) is 6.20 Å². The second kappa shape index (κ2) is 6.61. The van der Waals surface area contributed by atoms with Crippen molar-refractivity contribution in [3.05, 3.63) is 52.1 Å². The van der Waals surface area contributed by atoms with Crippen LogP contribution in [0.15, 0.2) is 35.4 Å². The molecule has 5 nitrogen and oxygen atoms in total. The van der Waals surface area contributed by atoms with Gasteiger partial charge in [0.15, 0.2) is 0 Å². The largest absolute Gasteiger partial charge is 0.331 e. The molecular formula is C19H24N4O. The number of hydrogen-bond donors (Lipinski definition) is 1. The van der Waals surface area contributed by atoms with Gasteiger partial charge in [-0.25, -0.2) is 4.98 Å². The Morgan fingerprint density at radius 2 is 2.00 bits per heavy atom. The highest BCUT2D eigenvalue weighted by molar-refractivity contribution is 5.85. The van der Waals surface area contributed by atoms with Crippen LogP contribution in [-0.2, 0) is 6.54 Å². The molecule has 0 aliphatic rings. The molecule has 3 aromatic rings. The molecule has 0 aliphatic heterocycles. The minimum absolute atomic E-state index is 0.0884. The van der Waals surface area contributed by atoms with E-state index >= 15 is 0 Å². The minimum Gasteiger partial charge on any atom is -0.331 e. The Morgan fingerprint density at radius 3 is 2.75 bits per heavy atom. The van der Waals surface area contributed by atoms with E-state index in [1.807, 2.05) is 19.2 Å². The molecule has 1 aromatic carbocycles. The molecule has 126 valence electrons. The van der Waals surface area contributed by atoms with Crippen molar-refractivity contribution in [1.29, 1.82) is 0 Å². The number of benzene rings is 1. The van der Waals surface area contributed by atoms with Crippen molar-refractivity contribution in [3.63, 3.8) is 0 Å². The highest BCUT2D eigenvalue weighted by atomic mass is 16.1. The zero-order valence-electron chi connectivity index (χ0n) is 14.8. The molecule has 5 heteroatoms. The Bertz CT molecular complexity index is 921. The fraction of sp³-hybridized carbons (Fsp3) is 0.368. The quantitative estimate of drug-likeness (QED) is 0.785. The Labute approximate surface area is 142 Å². The van der Waals surface area contributed by atoms with Gasteiger partial charge in [-0.1, -0.05) is 11.6 Å². The normalized spacial score (nSPS) is 11.5. The van der Waals surface area contributed by atoms with Gasteiger partial charge in [-0.15, -0.1) is 0 Å². The van der Waals surface area contributed by atoms with Crippen LogP contribution < -0.4 is 5.56 Å². The molecular weight excluding hydrogens is 300 g/mol. The maximum Gasteiger partial charge on any atom is 0.259 e. The number of imidazole rings is 1. The van der Waals surface area contributed by atoms with E-state index in [1.165, 1.54) is 5.56 Å². The van der Waals surface area contributed by atoms with E-state index in [-0.39, 0.29) is 5.56 Å². The second-order valence-electron chi connectivity index (χ2n) is 6.66. The molecule has 1 N–H and O–H groups in total. The van der Waals surface area contributed by atoms with Crippen molar-refractivity contribution in [2.75, 3.05) is 20.6 Å². The first-order valence-electron chi connectivity index (χ1n) is 8.26. The van der Waals surface area contributed by atoms with Gasteiger partial charge in [-0.3, -0.25) is 4.79 Å². The van der Waals surface area contributed by atoms with Crippen molar-refractivity contribution < 1.29 is 0 Å². The fourth-order valence-corrected chi connectivity index (χ4v) is 3.14. The van der Waals surface area contributed by atoms with Crippen LogP contribution in [-0.4, -0.2) is 40.1 Å². The monoisotopic (exact) mass is 324 g/mol. The van der Waals surface area contributed by atoms with Crippen molar-refractivity contribution >= 4 is 10.9 Å². The van der Waals surface area contributed by atoms with Crippen LogP contribution in [0.1, 0.15) is 17.5 Å². The third kappa shape index (κ3) is 3.26. The van der Waals surface area contributed by atoms with Gasteiger partial charge in [0.1, 0.15) is 5.82 Å². The van der Waals surface area contributed by atoms with Gasteiger partial charge in [-0.2, -0.15) is 0 Å². The molecule has 0 saturated carbocycles. The SMILES string of the molecule is Cc1cc(C)c2[nH]c(=O)c(-c3nccn3CCCN(C)C)cc2c1. The number of rotatable bonds is 5. The summed E-state index contributed by atoms with van der Waals surface area (Å²) >= 11 is 0. The van der Waals surface area contributed by atoms with E-state index in [2.05, 4.69) is 52.6 Å². The maximum atomic E-state index is 12.6. The van der Waals surface area contributed by atoms with Gasteiger partial charge in [0.25, 0.3) is 5.56 Å². The summed E-state index contributed by atoms with van der Waals surface area (Å²) in [5.41, 5.74) is 3.72. The van der Waals surface area contributed by atoms with Crippen LogP contribution >= 0.6 is 0 Å². The number of hydrogen-bond acceptors (Lipinski definition) is 3. The molecule has 0 atom stereocenters. The average Bonchev–Trinajstić information content (AvgIpc) is 2.95. The summed E-state index contributed by atoms with van der Waals surface area (Å²) in [5.74, 6) is 0.732. The van der Waals surface area contributed by atoms with E-state index in [9.17, 15) is 4.79 Å². The molecule has 24 heavy (non-hydrogen) atoms. The smallest absolute Gasteiger partial charge is 0.259 e. The molecule has 2 aromatic heterocycles. The zero-order chi connectivity index (χ0) is 17.3. The molecule has 3 rings (SSSR count). The van der Waals surface area contributed by atoms with Gasteiger partial charge >= 0.3 is 0 Å². The number of nitrogens with zero attached hydrogens (tertiary/aromatic N) is 3. The maximum absolute atomic E-state index is 12.6. The van der Waals surface area contributed by atoms with E-state index in [0.29, 0.717) is 5.56 Å². The Hall–Kier alpha value is -2.40. The number of nitrogens with one attached hydrogen (secondary N) is 1. The van der Waals surface area contributed by atoms with E-state index in [0.717, 1.165) is 41.8 Å². The number of aryl methyl sites for hydroxylation is 3. The van der Waals surface area contributed by atoms with Crippen molar-refractivity contribution in [1.82, 2.24) is 19.4 Å². The van der Waals surface area contributed by atoms with Crippen LogP contribution in [0.3, 0.4) is 0 Å². The summed E-state index contributed by atoms with van der Waals surface area (Å²) in [6, 6.07) is 6.14. The van der Waals surface area contributed by atoms with Crippen LogP contribution in [0.2, 0.25) is 0 Å². The lowest BCUT2D eigenvalue weighted by atomic mass is 10.1. The van der Waals surface area contributed by atoms with Gasteiger partial charge in [0.05, 0.1) is 11.1 Å². The predicted octanol–water partition coefficient (Wildman–Crippen LogP) is 2.96. The first kappa shape index (κ1) is 16.5. The summed E-state index contributed by atoms with van der Waals surface area (Å²) in [6.45, 7) is 5.94. The Kier molecular flexibility index (Phi) is 4.53. The third-order valence-corrected chi connectivity index (χ3v) is 4.25. The molecule has 0 spiro atoms. The zero-order valence-corrected chi connectivity index (χ0v) is 14.8. The highest BCUT2D eigenvalue weighted by Crippen LogP contribution is 2.22. The van der Waals surface area contributed by atoms with Gasteiger partial charge in [-0.05, 0) is 64.0 Å². The van der Waals surface area contributed by atoms with Crippen molar-refractivity contribution in [2.45, 2.75) is 26.8 Å². The van der Waals surface area contributed by atoms with E-state index in [4.69, 9.17) is 0 Å². The van der Waals surface area contributed by atoms with Crippen molar-refractivity contribution in [2.24, 2.45) is 0 Å². The lowest BCUT2D eigenvalue weighted by molar-refractivity contribution is 0.387. The molecule has 0 bridgehead atoms. The number of H-pyrrole nitrogens is 1. The fourth-order valence-electron chi connectivity index (χ4n) is 3.14. The molecule has 2 heterocycles. The number of aromatic amines is 1. The van der Waals surface area contributed by atoms with Gasteiger partial charge < -0.3 is 14.5 Å². The summed E-state index contributed by atoms with van der Waals surface area (Å²) in [5, 5.41) is 1.05. The van der Waals surface area contributed by atoms with Crippen LogP contribution in [0, 0.1) is 13.8 Å². The molecule has 0 unspecified atom stereocenters. The van der Waals surface area contributed by atoms with Gasteiger partial charge in [0, 0.05) is 18.9 Å². The first-order valence-corrected chi connectivity index (χ1v) is 8.26. The van der Waals surface area contributed by atoms with Crippen LogP contribution in [0.4, 0.5) is 0 Å². The van der Waals surface area contributed by atoms with Gasteiger partial charge in [0.2, 0.25) is 0 Å². The molecule has 0 fully saturated rings. The third-order valence-electron chi connectivity index (χ3n) is 4.25. The molecule has 0 aliphatic carbocycles. The molecule has 0 radical (unpaired) electrons. The number of pyridine rings is 1. The lowest BCUT2D eigenvalue weighted by Crippen LogP contribution is -2.16. The topological polar surface area (TPSA) is 53.9 Å². The lowest BCUT2D eigenvalue weighted by Gasteiger charge is -2.12. The summed E-state index contributed by atoms with van der Waals surface area (Å²) in [4.78, 5) is 22.2. The van der Waals surface area contributed by atoms with Crippen LogP contribution in [0.5, 0.6) is 0 Å². The number of fused-ring (bicyclic) bond motifs is 1.